The van der Waals surface area contributed by atoms with Crippen molar-refractivity contribution in [3.63, 3.8) is 0 Å². The van der Waals surface area contributed by atoms with Crippen molar-refractivity contribution in [2.45, 2.75) is 84.5 Å². The van der Waals surface area contributed by atoms with Crippen LogP contribution >= 0.6 is 0 Å². The summed E-state index contributed by atoms with van der Waals surface area (Å²) in [6.45, 7) is 11.2. The fourth-order valence-electron chi connectivity index (χ4n) is 3.89. The maximum atomic E-state index is 13.2. The number of hydrogen-bond donors (Lipinski definition) is 2. The van der Waals surface area contributed by atoms with E-state index >= 15 is 0 Å². The third-order valence-electron chi connectivity index (χ3n) is 5.49. The van der Waals surface area contributed by atoms with Gasteiger partial charge >= 0.3 is 12.1 Å². The number of azide groups is 1. The highest BCUT2D eigenvalue weighted by Gasteiger charge is 2.32. The molecule has 1 atom stereocenters. The highest BCUT2D eigenvalue weighted by molar-refractivity contribution is 5.96. The van der Waals surface area contributed by atoms with E-state index in [1.165, 1.54) is 0 Å². The molecule has 0 fully saturated rings. The van der Waals surface area contributed by atoms with Gasteiger partial charge in [0, 0.05) is 36.5 Å². The van der Waals surface area contributed by atoms with Crippen LogP contribution in [0, 0.1) is 0 Å². The molecule has 0 bridgehead atoms. The Kier molecular flexibility index (Phi) is 11.6. The zero-order chi connectivity index (χ0) is 29.9. The van der Waals surface area contributed by atoms with E-state index in [1.807, 2.05) is 0 Å². The Bertz CT molecular complexity index is 1120. The highest BCUT2D eigenvalue weighted by Crippen LogP contribution is 2.35. The van der Waals surface area contributed by atoms with Gasteiger partial charge in [-0.25, -0.2) is 9.59 Å². The van der Waals surface area contributed by atoms with E-state index in [0.29, 0.717) is 43.9 Å². The minimum absolute atomic E-state index is 0.0227. The zero-order valence-electron chi connectivity index (χ0n) is 24.1. The third kappa shape index (κ3) is 11.0. The van der Waals surface area contributed by atoms with Crippen molar-refractivity contribution in [2.24, 2.45) is 5.11 Å². The van der Waals surface area contributed by atoms with Gasteiger partial charge in [0.25, 0.3) is 5.91 Å². The SMILES string of the molecule is CC(C)(C)OC(=O)N[C@@H](CCC(=O)N1CCc2c(OCC(=O)NCCCN=[N+]=[N-])cccc21)C(=O)OC(C)(C)C. The molecule has 0 radical (unpaired) electrons. The van der Waals surface area contributed by atoms with Crippen LogP contribution in [0.5, 0.6) is 5.75 Å². The molecule has 2 N–H and O–H groups in total. The first-order valence-electron chi connectivity index (χ1n) is 13.2. The summed E-state index contributed by atoms with van der Waals surface area (Å²) >= 11 is 0. The number of amides is 3. The van der Waals surface area contributed by atoms with E-state index in [2.05, 4.69) is 20.7 Å². The second kappa shape index (κ2) is 14.4. The number of ether oxygens (including phenoxy) is 3. The lowest BCUT2D eigenvalue weighted by molar-refractivity contribution is -0.157. The fourth-order valence-corrected chi connectivity index (χ4v) is 3.89. The van der Waals surface area contributed by atoms with Crippen LogP contribution in [0.4, 0.5) is 10.5 Å². The van der Waals surface area contributed by atoms with Crippen LogP contribution in [-0.4, -0.2) is 67.4 Å². The quantitative estimate of drug-likeness (QED) is 0.129. The van der Waals surface area contributed by atoms with Crippen molar-refractivity contribution < 1.29 is 33.4 Å². The summed E-state index contributed by atoms with van der Waals surface area (Å²) in [5.41, 5.74) is 8.23. The van der Waals surface area contributed by atoms with Gasteiger partial charge in [0.05, 0.1) is 5.69 Å². The van der Waals surface area contributed by atoms with Gasteiger partial charge in [-0.15, -0.1) is 0 Å². The number of benzene rings is 1. The summed E-state index contributed by atoms with van der Waals surface area (Å²) < 4.78 is 16.4. The number of fused-ring (bicyclic) bond motifs is 1. The number of anilines is 1. The van der Waals surface area contributed by atoms with Crippen LogP contribution in [-0.2, 0) is 30.3 Å². The van der Waals surface area contributed by atoms with Gasteiger partial charge in [-0.3, -0.25) is 9.59 Å². The summed E-state index contributed by atoms with van der Waals surface area (Å²) in [6.07, 6.45) is 0.285. The molecule has 0 spiro atoms. The molecule has 0 aliphatic carbocycles. The second-order valence-corrected chi connectivity index (χ2v) is 11.3. The topological polar surface area (TPSA) is 172 Å². The summed E-state index contributed by atoms with van der Waals surface area (Å²) in [7, 11) is 0. The van der Waals surface area contributed by atoms with E-state index < -0.39 is 29.3 Å². The number of carbonyl (C=O) groups excluding carboxylic acids is 4. The van der Waals surface area contributed by atoms with E-state index in [9.17, 15) is 19.2 Å². The molecule has 220 valence electrons. The van der Waals surface area contributed by atoms with Gasteiger partial charge in [-0.2, -0.15) is 0 Å². The Labute approximate surface area is 234 Å². The van der Waals surface area contributed by atoms with Crippen LogP contribution in [0.3, 0.4) is 0 Å². The van der Waals surface area contributed by atoms with Crippen molar-refractivity contribution in [1.29, 1.82) is 0 Å². The first-order chi connectivity index (χ1) is 18.7. The number of carbonyl (C=O) groups is 4. The number of rotatable bonds is 12. The largest absolute Gasteiger partial charge is 0.483 e. The first-order valence-corrected chi connectivity index (χ1v) is 13.2. The average Bonchev–Trinajstić information content (AvgIpc) is 3.27. The van der Waals surface area contributed by atoms with Crippen molar-refractivity contribution >= 4 is 29.6 Å². The monoisotopic (exact) mass is 560 g/mol. The second-order valence-electron chi connectivity index (χ2n) is 11.3. The van der Waals surface area contributed by atoms with E-state index in [4.69, 9.17) is 19.7 Å². The van der Waals surface area contributed by atoms with Crippen LogP contribution < -0.4 is 20.3 Å². The van der Waals surface area contributed by atoms with Crippen LogP contribution in [0.15, 0.2) is 23.3 Å². The average molecular weight is 561 g/mol. The van der Waals surface area contributed by atoms with Crippen molar-refractivity contribution in [2.75, 3.05) is 31.1 Å². The molecular formula is C27H40N6O7. The molecule has 40 heavy (non-hydrogen) atoms. The standard InChI is InChI=1S/C27H40N6O7/c1-26(2,3)39-24(36)19(31-25(37)40-27(4,5)6)11-12-23(35)33-16-13-18-20(33)9-7-10-21(18)38-17-22(34)29-14-8-15-30-32-28/h7,9-10,19H,8,11-17H2,1-6H3,(H,29,34)(H,31,37)/t19-/m0/s1. The van der Waals surface area contributed by atoms with Gasteiger partial charge in [-0.05, 0) is 78.5 Å². The molecule has 1 aromatic rings. The molecule has 1 aromatic carbocycles. The van der Waals surface area contributed by atoms with Crippen LogP contribution in [0.1, 0.15) is 66.4 Å². The van der Waals surface area contributed by atoms with E-state index in [1.54, 1.807) is 64.6 Å². The van der Waals surface area contributed by atoms with Gasteiger partial charge in [0.2, 0.25) is 5.91 Å². The number of esters is 1. The van der Waals surface area contributed by atoms with Crippen molar-refractivity contribution in [1.82, 2.24) is 10.6 Å². The minimum atomic E-state index is -1.07. The Hall–Kier alpha value is -3.99. The number of nitrogens with one attached hydrogen (secondary N) is 2. The minimum Gasteiger partial charge on any atom is -0.483 e. The molecule has 1 aliphatic rings. The summed E-state index contributed by atoms with van der Waals surface area (Å²) in [5.74, 6) is -0.682. The van der Waals surface area contributed by atoms with Gasteiger partial charge in [0.15, 0.2) is 6.61 Å². The van der Waals surface area contributed by atoms with Crippen molar-refractivity contribution in [3.8, 4) is 5.75 Å². The molecule has 13 heteroatoms. The highest BCUT2D eigenvalue weighted by atomic mass is 16.6. The predicted octanol–water partition coefficient (Wildman–Crippen LogP) is 3.79. The third-order valence-corrected chi connectivity index (χ3v) is 5.49. The summed E-state index contributed by atoms with van der Waals surface area (Å²) in [6, 6.07) is 4.21. The van der Waals surface area contributed by atoms with E-state index in [0.717, 1.165) is 5.56 Å². The lowest BCUT2D eigenvalue weighted by atomic mass is 10.1. The summed E-state index contributed by atoms with van der Waals surface area (Å²) in [5, 5.41) is 8.64. The normalized spacial score (nSPS) is 13.4. The molecule has 0 unspecified atom stereocenters. The Balaban J connectivity index is 2.01. The van der Waals surface area contributed by atoms with Crippen LogP contribution in [0.2, 0.25) is 0 Å². The smallest absolute Gasteiger partial charge is 0.408 e. The molecule has 0 saturated heterocycles. The molecule has 1 aliphatic heterocycles. The molecule has 13 nitrogen and oxygen atoms in total. The molecule has 2 rings (SSSR count). The Morgan fingerprint density at radius 1 is 1.10 bits per heavy atom. The molecule has 3 amide bonds. The van der Waals surface area contributed by atoms with Crippen LogP contribution in [0.25, 0.3) is 10.4 Å². The van der Waals surface area contributed by atoms with Gasteiger partial charge in [-0.1, -0.05) is 11.2 Å². The molecular weight excluding hydrogens is 520 g/mol. The first kappa shape index (κ1) is 32.2. The molecule has 1 heterocycles. The van der Waals surface area contributed by atoms with E-state index in [-0.39, 0.29) is 31.3 Å². The number of nitrogens with zero attached hydrogens (tertiary/aromatic N) is 4. The Morgan fingerprint density at radius 2 is 1.80 bits per heavy atom. The van der Waals surface area contributed by atoms with Gasteiger partial charge < -0.3 is 29.7 Å². The lowest BCUT2D eigenvalue weighted by Gasteiger charge is -2.26. The molecule has 0 aromatic heterocycles. The van der Waals surface area contributed by atoms with Crippen molar-refractivity contribution in [3.05, 3.63) is 34.2 Å². The maximum Gasteiger partial charge on any atom is 0.408 e. The Morgan fingerprint density at radius 3 is 2.45 bits per heavy atom. The number of hydrogen-bond acceptors (Lipinski definition) is 8. The lowest BCUT2D eigenvalue weighted by Crippen LogP contribution is -2.46. The zero-order valence-corrected chi connectivity index (χ0v) is 24.1. The number of alkyl carbamates (subject to hydrolysis) is 1. The summed E-state index contributed by atoms with van der Waals surface area (Å²) in [4.78, 5) is 54.7. The predicted molar refractivity (Wildman–Crippen MR) is 148 cm³/mol. The molecule has 0 saturated carbocycles. The fraction of sp³-hybridized carbons (Fsp3) is 0.630. The van der Waals surface area contributed by atoms with Gasteiger partial charge in [0.1, 0.15) is 23.0 Å². The maximum absolute atomic E-state index is 13.2.